The van der Waals surface area contributed by atoms with Gasteiger partial charge in [0.2, 0.25) is 11.8 Å². The number of carboxylic acid groups (broad SMARTS) is 1. The van der Waals surface area contributed by atoms with Crippen LogP contribution in [0.1, 0.15) is 29.3 Å². The molecule has 0 aromatic heterocycles. The van der Waals surface area contributed by atoms with Crippen LogP contribution in [0, 0.1) is 11.8 Å². The quantitative estimate of drug-likeness (QED) is 0.281. The van der Waals surface area contributed by atoms with Crippen molar-refractivity contribution >= 4 is 46.5 Å². The number of thioether (sulfide) groups is 1. The van der Waals surface area contributed by atoms with Crippen molar-refractivity contribution in [1.82, 2.24) is 9.80 Å². The minimum absolute atomic E-state index is 0.0625. The molecule has 3 aliphatic rings. The van der Waals surface area contributed by atoms with Crippen molar-refractivity contribution in [2.75, 3.05) is 19.4 Å². The number of hydrogen-bond donors (Lipinski definition) is 1. The van der Waals surface area contributed by atoms with E-state index in [0.29, 0.717) is 10.7 Å². The zero-order chi connectivity index (χ0) is 31.5. The molecule has 228 valence electrons. The second kappa shape index (κ2) is 12.6. The minimum atomic E-state index is -5.08. The average molecular weight is 620 g/mol. The number of ketones is 1. The second-order valence-corrected chi connectivity index (χ2v) is 10.9. The first-order valence-electron chi connectivity index (χ1n) is 13.2. The Labute approximate surface area is 248 Å². The maximum atomic E-state index is 13.8. The number of aliphatic imine (C=N–C) groups is 1. The Morgan fingerprint density at radius 1 is 1.05 bits per heavy atom. The summed E-state index contributed by atoms with van der Waals surface area (Å²) in [6.45, 7) is 2.26. The summed E-state index contributed by atoms with van der Waals surface area (Å²) in [7, 11) is 1.30. The molecule has 2 aromatic rings. The molecule has 0 aliphatic carbocycles. The first kappa shape index (κ1) is 31.7. The van der Waals surface area contributed by atoms with E-state index in [1.165, 1.54) is 23.8 Å². The summed E-state index contributed by atoms with van der Waals surface area (Å²) >= 11 is 1.24. The molecule has 2 saturated heterocycles. The van der Waals surface area contributed by atoms with Gasteiger partial charge in [-0.15, -0.1) is 0 Å². The topological polar surface area (TPSA) is 134 Å². The van der Waals surface area contributed by atoms with Crippen molar-refractivity contribution < 1.29 is 47.0 Å². The number of amidine groups is 1. The molecule has 2 fully saturated rings. The van der Waals surface area contributed by atoms with Crippen LogP contribution in [0.2, 0.25) is 0 Å². The van der Waals surface area contributed by atoms with Gasteiger partial charge in [-0.25, -0.2) is 9.59 Å². The Bertz CT molecular complexity index is 1440. The van der Waals surface area contributed by atoms with E-state index < -0.39 is 41.5 Å². The Morgan fingerprint density at radius 3 is 2.16 bits per heavy atom. The summed E-state index contributed by atoms with van der Waals surface area (Å²) in [5.74, 6) is -5.47. The highest BCUT2D eigenvalue weighted by Gasteiger charge is 2.73. The highest BCUT2D eigenvalue weighted by Crippen LogP contribution is 2.54. The van der Waals surface area contributed by atoms with E-state index in [4.69, 9.17) is 14.6 Å². The molecule has 3 aliphatic heterocycles. The van der Waals surface area contributed by atoms with Crippen LogP contribution in [-0.2, 0) is 30.5 Å². The molecule has 2 aromatic carbocycles. The van der Waals surface area contributed by atoms with Crippen molar-refractivity contribution in [3.05, 3.63) is 71.8 Å². The van der Waals surface area contributed by atoms with Gasteiger partial charge in [0, 0.05) is 5.56 Å². The average Bonchev–Trinajstić information content (AvgIpc) is 3.62. The molecule has 0 spiro atoms. The number of hydrogen-bond acceptors (Lipinski definition) is 9. The third kappa shape index (κ3) is 5.88. The van der Waals surface area contributed by atoms with Crippen LogP contribution in [0.3, 0.4) is 0 Å². The highest BCUT2D eigenvalue weighted by atomic mass is 32.2. The van der Waals surface area contributed by atoms with Crippen molar-refractivity contribution in [2.24, 2.45) is 16.8 Å². The van der Waals surface area contributed by atoms with E-state index in [9.17, 15) is 32.3 Å². The fourth-order valence-electron chi connectivity index (χ4n) is 5.81. The van der Waals surface area contributed by atoms with Gasteiger partial charge in [-0.05, 0) is 12.0 Å². The number of fused-ring (bicyclic) bond motifs is 3. The van der Waals surface area contributed by atoms with E-state index in [1.54, 1.807) is 24.3 Å². The number of esters is 1. The van der Waals surface area contributed by atoms with Crippen LogP contribution >= 0.6 is 11.8 Å². The Hall–Kier alpha value is -4.20. The van der Waals surface area contributed by atoms with Crippen molar-refractivity contribution in [2.45, 2.75) is 37.6 Å². The number of ether oxygens (including phenoxy) is 1. The lowest BCUT2D eigenvalue weighted by atomic mass is 9.78. The van der Waals surface area contributed by atoms with Crippen LogP contribution < -0.4 is 0 Å². The van der Waals surface area contributed by atoms with Crippen LogP contribution in [0.15, 0.2) is 65.7 Å². The molecular formula is C29H28F3N3O7S. The number of carboxylic acids is 1. The number of likely N-dealkylation sites (tertiary alicyclic amines) is 1. The zero-order valence-corrected chi connectivity index (χ0v) is 23.9. The Kier molecular flexibility index (Phi) is 9.28. The van der Waals surface area contributed by atoms with E-state index in [1.807, 2.05) is 48.2 Å². The number of carbonyl (C=O) groups excluding carboxylic acids is 4. The number of Topliss-reactive ketones (excluding diaryl/α,β-unsaturated/α-hetero) is 1. The Balaban J connectivity index is 0.000000541. The van der Waals surface area contributed by atoms with Crippen molar-refractivity contribution in [3.8, 4) is 0 Å². The third-order valence-electron chi connectivity index (χ3n) is 7.68. The monoisotopic (exact) mass is 619 g/mol. The van der Waals surface area contributed by atoms with Gasteiger partial charge in [0.25, 0.3) is 0 Å². The standard InChI is InChI=1S/C27H27N3O5S.C2HF3O2/c1-3-27(25(34)35-2)22-21(23(32)29(24(22)33)15-17-10-6-4-7-11-17)19-14-28-26(30(19)27)36-16-20(31)18-12-8-5-9-13-18;3-2(4,5)1(6)7/h4-13,19,21-22H,3,14-16H2,1-2H3;(H,6,7)/t19-,21+,22-,27-;/m1./s1. The SMILES string of the molecule is CC[C@]1(C(=O)OC)[C@H]2C(=O)N(Cc3ccccc3)C(=O)[C@H]2[C@H]2CN=C(SCC(=O)c3ccccc3)N21.O=C(O)C(F)(F)F. The first-order chi connectivity index (χ1) is 20.4. The fourth-order valence-corrected chi connectivity index (χ4v) is 6.84. The number of alkyl halides is 3. The summed E-state index contributed by atoms with van der Waals surface area (Å²) < 4.78 is 37.0. The van der Waals surface area contributed by atoms with Gasteiger partial charge in [0.05, 0.1) is 43.8 Å². The first-order valence-corrected chi connectivity index (χ1v) is 14.2. The van der Waals surface area contributed by atoms with Crippen molar-refractivity contribution in [1.29, 1.82) is 0 Å². The van der Waals surface area contributed by atoms with Crippen LogP contribution in [-0.4, -0.2) is 86.8 Å². The van der Waals surface area contributed by atoms with Gasteiger partial charge >= 0.3 is 18.1 Å². The molecule has 0 radical (unpaired) electrons. The molecule has 5 rings (SSSR count). The lowest BCUT2D eigenvalue weighted by Crippen LogP contribution is -2.59. The van der Waals surface area contributed by atoms with Crippen LogP contribution in [0.4, 0.5) is 13.2 Å². The number of carbonyl (C=O) groups is 5. The molecule has 4 atom stereocenters. The zero-order valence-electron chi connectivity index (χ0n) is 23.1. The van der Waals surface area contributed by atoms with E-state index >= 15 is 0 Å². The number of methoxy groups -OCH3 is 1. The molecule has 0 unspecified atom stereocenters. The largest absolute Gasteiger partial charge is 0.490 e. The summed E-state index contributed by atoms with van der Waals surface area (Å²) in [4.78, 5) is 70.1. The molecule has 1 N–H and O–H groups in total. The maximum absolute atomic E-state index is 13.8. The number of halogens is 3. The normalized spacial score (nSPS) is 24.1. The molecular weight excluding hydrogens is 591 g/mol. The number of nitrogens with zero attached hydrogens (tertiary/aromatic N) is 3. The molecule has 2 amide bonds. The van der Waals surface area contributed by atoms with Crippen molar-refractivity contribution in [3.63, 3.8) is 0 Å². The number of benzene rings is 2. The highest BCUT2D eigenvalue weighted by molar-refractivity contribution is 8.14. The summed E-state index contributed by atoms with van der Waals surface area (Å²) in [6.07, 6.45) is -4.82. The smallest absolute Gasteiger partial charge is 0.475 e. The predicted octanol–water partition coefficient (Wildman–Crippen LogP) is 3.41. The fraction of sp³-hybridized carbons (Fsp3) is 0.379. The van der Waals surface area contributed by atoms with Gasteiger partial charge in [-0.3, -0.25) is 24.3 Å². The van der Waals surface area contributed by atoms with E-state index in [-0.39, 0.29) is 42.9 Å². The number of aliphatic carboxylic acids is 1. The van der Waals surface area contributed by atoms with Gasteiger partial charge in [-0.2, -0.15) is 13.2 Å². The summed E-state index contributed by atoms with van der Waals surface area (Å²) in [5, 5.41) is 7.63. The van der Waals surface area contributed by atoms with Gasteiger partial charge in [-0.1, -0.05) is 79.3 Å². The molecule has 3 heterocycles. The summed E-state index contributed by atoms with van der Waals surface area (Å²) in [5.41, 5.74) is 0.0741. The van der Waals surface area contributed by atoms with Gasteiger partial charge in [0.15, 0.2) is 16.5 Å². The predicted molar refractivity (Wildman–Crippen MR) is 149 cm³/mol. The summed E-state index contributed by atoms with van der Waals surface area (Å²) in [6, 6.07) is 17.9. The lowest BCUT2D eigenvalue weighted by molar-refractivity contribution is -0.192. The molecule has 10 nitrogen and oxygen atoms in total. The maximum Gasteiger partial charge on any atom is 0.490 e. The van der Waals surface area contributed by atoms with E-state index in [2.05, 4.69) is 4.99 Å². The number of amides is 2. The third-order valence-corrected chi connectivity index (χ3v) is 8.68. The second-order valence-electron chi connectivity index (χ2n) is 9.96. The van der Waals surface area contributed by atoms with E-state index in [0.717, 1.165) is 5.56 Å². The van der Waals surface area contributed by atoms with Crippen LogP contribution in [0.5, 0.6) is 0 Å². The Morgan fingerprint density at radius 2 is 1.63 bits per heavy atom. The van der Waals surface area contributed by atoms with Crippen LogP contribution in [0.25, 0.3) is 0 Å². The van der Waals surface area contributed by atoms with Gasteiger partial charge < -0.3 is 14.7 Å². The minimum Gasteiger partial charge on any atom is -0.475 e. The van der Waals surface area contributed by atoms with Gasteiger partial charge in [0.1, 0.15) is 0 Å². The lowest BCUT2D eigenvalue weighted by Gasteiger charge is -2.39. The molecule has 14 heteroatoms. The molecule has 0 bridgehead atoms. The molecule has 43 heavy (non-hydrogen) atoms. The number of imide groups is 1. The number of rotatable bonds is 7. The molecule has 0 saturated carbocycles.